The van der Waals surface area contributed by atoms with Crippen molar-refractivity contribution in [3.63, 3.8) is 0 Å². The van der Waals surface area contributed by atoms with E-state index in [1.54, 1.807) is 19.0 Å². The van der Waals surface area contributed by atoms with E-state index in [4.69, 9.17) is 5.73 Å². The number of nitrogens with two attached hydrogens (primary N) is 1. The molecule has 108 valence electrons. The van der Waals surface area contributed by atoms with E-state index in [-0.39, 0.29) is 23.7 Å². The Balaban J connectivity index is 2.18. The number of nitrogens with one attached hydrogen (secondary N) is 1. The molecule has 1 aliphatic rings. The van der Waals surface area contributed by atoms with E-state index >= 15 is 0 Å². The van der Waals surface area contributed by atoms with E-state index in [1.807, 2.05) is 0 Å². The average molecular weight is 279 g/mol. The molecule has 20 heavy (non-hydrogen) atoms. The highest BCUT2D eigenvalue weighted by atomic mass is 16.2. The number of nitrogen functional groups attached to an aromatic ring is 1. The molecule has 9 nitrogen and oxygen atoms in total. The maximum absolute atomic E-state index is 12.0. The van der Waals surface area contributed by atoms with Gasteiger partial charge in [0.2, 0.25) is 23.8 Å². The smallest absolute Gasteiger partial charge is 0.251 e. The number of aromatic nitrogens is 3. The number of carbonyl (C=O) groups excluding carboxylic acids is 2. The summed E-state index contributed by atoms with van der Waals surface area (Å²) >= 11 is 0. The van der Waals surface area contributed by atoms with Crippen LogP contribution in [-0.2, 0) is 9.59 Å². The predicted octanol–water partition coefficient (Wildman–Crippen LogP) is -0.921. The van der Waals surface area contributed by atoms with Gasteiger partial charge in [0.05, 0.1) is 0 Å². The van der Waals surface area contributed by atoms with E-state index in [0.717, 1.165) is 4.90 Å². The summed E-state index contributed by atoms with van der Waals surface area (Å²) in [4.78, 5) is 38.3. The van der Waals surface area contributed by atoms with Gasteiger partial charge in [-0.2, -0.15) is 15.0 Å². The first-order chi connectivity index (χ1) is 9.38. The second-order valence-electron chi connectivity index (χ2n) is 4.74. The van der Waals surface area contributed by atoms with Gasteiger partial charge in [-0.05, 0) is 6.42 Å². The van der Waals surface area contributed by atoms with Crippen molar-refractivity contribution >= 4 is 29.7 Å². The fourth-order valence-corrected chi connectivity index (χ4v) is 1.85. The lowest BCUT2D eigenvalue weighted by atomic mass is 10.1. The molecule has 0 aliphatic carbocycles. The van der Waals surface area contributed by atoms with Crippen LogP contribution >= 0.6 is 0 Å². The molecule has 0 aromatic carbocycles. The highest BCUT2D eigenvalue weighted by Crippen LogP contribution is 2.16. The zero-order chi connectivity index (χ0) is 14.9. The number of likely N-dealkylation sites (N-methyl/N-ethyl adjacent to an activating group) is 1. The number of amides is 2. The maximum Gasteiger partial charge on any atom is 0.251 e. The van der Waals surface area contributed by atoms with Crippen molar-refractivity contribution in [1.82, 2.24) is 19.9 Å². The van der Waals surface area contributed by atoms with E-state index in [2.05, 4.69) is 20.3 Å². The van der Waals surface area contributed by atoms with Gasteiger partial charge < -0.3 is 16.0 Å². The number of anilines is 3. The second kappa shape index (κ2) is 5.27. The van der Waals surface area contributed by atoms with Crippen LogP contribution in [0.1, 0.15) is 12.8 Å². The molecule has 1 aromatic heterocycles. The Bertz CT molecular complexity index is 546. The summed E-state index contributed by atoms with van der Waals surface area (Å²) in [5.74, 6) is 0.206. The Morgan fingerprint density at radius 2 is 2.00 bits per heavy atom. The van der Waals surface area contributed by atoms with Crippen molar-refractivity contribution in [3.8, 4) is 0 Å². The molecule has 1 unspecified atom stereocenters. The first-order valence-electron chi connectivity index (χ1n) is 6.14. The Hall–Kier alpha value is -2.45. The fourth-order valence-electron chi connectivity index (χ4n) is 1.85. The van der Waals surface area contributed by atoms with Gasteiger partial charge in [0.15, 0.2) is 0 Å². The third-order valence-electron chi connectivity index (χ3n) is 2.99. The zero-order valence-electron chi connectivity index (χ0n) is 11.6. The number of carbonyl (C=O) groups is 2. The molecule has 3 N–H and O–H groups in total. The van der Waals surface area contributed by atoms with Crippen LogP contribution in [0.5, 0.6) is 0 Å². The minimum Gasteiger partial charge on any atom is -0.368 e. The second-order valence-corrected chi connectivity index (χ2v) is 4.74. The van der Waals surface area contributed by atoms with Crippen LogP contribution in [-0.4, -0.2) is 58.9 Å². The Labute approximate surface area is 116 Å². The van der Waals surface area contributed by atoms with Crippen LogP contribution in [0.3, 0.4) is 0 Å². The van der Waals surface area contributed by atoms with Crippen LogP contribution in [0.25, 0.3) is 0 Å². The molecule has 2 amide bonds. The van der Waals surface area contributed by atoms with Crippen molar-refractivity contribution in [3.05, 3.63) is 0 Å². The van der Waals surface area contributed by atoms with E-state index < -0.39 is 6.04 Å². The fraction of sp³-hybridized carbons (Fsp3) is 0.545. The third-order valence-corrected chi connectivity index (χ3v) is 2.99. The summed E-state index contributed by atoms with van der Waals surface area (Å²) in [7, 11) is 5.01. The minimum atomic E-state index is -0.533. The van der Waals surface area contributed by atoms with Crippen LogP contribution in [0, 0.1) is 0 Å². The molecule has 0 bridgehead atoms. The first-order valence-corrected chi connectivity index (χ1v) is 6.14. The number of imide groups is 1. The molecule has 2 rings (SSSR count). The van der Waals surface area contributed by atoms with Gasteiger partial charge in [-0.15, -0.1) is 0 Å². The van der Waals surface area contributed by atoms with Gasteiger partial charge in [-0.25, -0.2) is 0 Å². The summed E-state index contributed by atoms with van der Waals surface area (Å²) in [6.07, 6.45) is 0.714. The standard InChI is InChI=1S/C11H17N7O2/c1-17(2)11-15-9(12)14-10(16-11)13-6-4-5-7(19)18(3)8(6)20/h6H,4-5H2,1-3H3,(H3,12,13,14,15,16). The third kappa shape index (κ3) is 2.76. The Kier molecular flexibility index (Phi) is 3.68. The first kappa shape index (κ1) is 14.0. The molecule has 1 atom stereocenters. The molecule has 1 aliphatic heterocycles. The highest BCUT2D eigenvalue weighted by molar-refractivity contribution is 6.01. The molecule has 0 saturated carbocycles. The summed E-state index contributed by atoms with van der Waals surface area (Å²) in [6, 6.07) is -0.533. The van der Waals surface area contributed by atoms with Crippen molar-refractivity contribution in [2.75, 3.05) is 37.1 Å². The maximum atomic E-state index is 12.0. The van der Waals surface area contributed by atoms with Gasteiger partial charge >= 0.3 is 0 Å². The highest BCUT2D eigenvalue weighted by Gasteiger charge is 2.32. The molecule has 0 spiro atoms. The predicted molar refractivity (Wildman–Crippen MR) is 73.0 cm³/mol. The van der Waals surface area contributed by atoms with Crippen molar-refractivity contribution in [1.29, 1.82) is 0 Å². The summed E-state index contributed by atoms with van der Waals surface area (Å²) in [5, 5.41) is 2.91. The number of likely N-dealkylation sites (tertiary alicyclic amines) is 1. The van der Waals surface area contributed by atoms with Gasteiger partial charge in [0.1, 0.15) is 6.04 Å². The van der Waals surface area contributed by atoms with Gasteiger partial charge in [-0.3, -0.25) is 14.5 Å². The topological polar surface area (TPSA) is 117 Å². The van der Waals surface area contributed by atoms with E-state index in [9.17, 15) is 9.59 Å². The number of hydrogen-bond acceptors (Lipinski definition) is 8. The quantitative estimate of drug-likeness (QED) is 0.682. The van der Waals surface area contributed by atoms with Gasteiger partial charge in [0, 0.05) is 27.6 Å². The summed E-state index contributed by atoms with van der Waals surface area (Å²) in [5.41, 5.74) is 5.61. The van der Waals surface area contributed by atoms with Gasteiger partial charge in [0.25, 0.3) is 5.91 Å². The van der Waals surface area contributed by atoms with Crippen molar-refractivity contribution in [2.24, 2.45) is 0 Å². The van der Waals surface area contributed by atoms with E-state index in [0.29, 0.717) is 18.8 Å². The lowest BCUT2D eigenvalue weighted by Crippen LogP contribution is -2.48. The van der Waals surface area contributed by atoms with Crippen LogP contribution in [0.15, 0.2) is 0 Å². The Morgan fingerprint density at radius 3 is 2.65 bits per heavy atom. The lowest BCUT2D eigenvalue weighted by Gasteiger charge is -2.28. The SMILES string of the molecule is CN1C(=O)CCC(Nc2nc(N)nc(N(C)C)n2)C1=O. The average Bonchev–Trinajstić information content (AvgIpc) is 2.39. The minimum absolute atomic E-state index is 0.0684. The van der Waals surface area contributed by atoms with Crippen LogP contribution in [0.2, 0.25) is 0 Å². The molecule has 1 aromatic rings. The van der Waals surface area contributed by atoms with Crippen molar-refractivity contribution in [2.45, 2.75) is 18.9 Å². The molecule has 0 radical (unpaired) electrons. The number of hydrogen-bond donors (Lipinski definition) is 2. The largest absolute Gasteiger partial charge is 0.368 e. The molecular weight excluding hydrogens is 262 g/mol. The summed E-state index contributed by atoms with van der Waals surface area (Å²) in [6.45, 7) is 0. The molecule has 2 heterocycles. The molecular formula is C11H17N7O2. The lowest BCUT2D eigenvalue weighted by molar-refractivity contribution is -0.146. The zero-order valence-corrected chi connectivity index (χ0v) is 11.6. The summed E-state index contributed by atoms with van der Waals surface area (Å²) < 4.78 is 0. The number of nitrogens with zero attached hydrogens (tertiary/aromatic N) is 5. The Morgan fingerprint density at radius 1 is 1.30 bits per heavy atom. The molecule has 9 heteroatoms. The monoisotopic (exact) mass is 279 g/mol. The van der Waals surface area contributed by atoms with Gasteiger partial charge in [-0.1, -0.05) is 0 Å². The van der Waals surface area contributed by atoms with Crippen LogP contribution < -0.4 is 16.0 Å². The molecule has 1 saturated heterocycles. The molecule has 1 fully saturated rings. The normalized spacial score (nSPS) is 19.1. The van der Waals surface area contributed by atoms with Crippen LogP contribution in [0.4, 0.5) is 17.8 Å². The van der Waals surface area contributed by atoms with E-state index in [1.165, 1.54) is 7.05 Å². The van der Waals surface area contributed by atoms with Crippen molar-refractivity contribution < 1.29 is 9.59 Å². The number of rotatable bonds is 3. The number of piperidine rings is 1.